The van der Waals surface area contributed by atoms with Gasteiger partial charge in [-0.1, -0.05) is 11.6 Å². The fourth-order valence-corrected chi connectivity index (χ4v) is 4.12. The van der Waals surface area contributed by atoms with Crippen molar-refractivity contribution < 1.29 is 9.13 Å². The second-order valence-electron chi connectivity index (χ2n) is 7.41. The molecule has 0 saturated heterocycles. The summed E-state index contributed by atoms with van der Waals surface area (Å²) < 4.78 is 21.7. The molecule has 1 atom stereocenters. The van der Waals surface area contributed by atoms with E-state index in [4.69, 9.17) is 21.3 Å². The molecular weight excluding hydrogens is 431 g/mol. The first-order valence-electron chi connectivity index (χ1n) is 10.3. The van der Waals surface area contributed by atoms with Crippen LogP contribution in [-0.2, 0) is 6.42 Å². The molecule has 4 heterocycles. The van der Waals surface area contributed by atoms with E-state index in [2.05, 4.69) is 24.8 Å². The number of hydrogen-bond donors (Lipinski definition) is 1. The molecule has 0 bridgehead atoms. The minimum Gasteiger partial charge on any atom is -0.474 e. The number of aromatic nitrogens is 5. The molecule has 0 spiro atoms. The van der Waals surface area contributed by atoms with Crippen molar-refractivity contribution in [1.82, 2.24) is 24.5 Å². The third-order valence-corrected chi connectivity index (χ3v) is 5.71. The highest BCUT2D eigenvalue weighted by Gasteiger charge is 2.31. The minimum absolute atomic E-state index is 0.0211. The molecule has 1 N–H and O–H groups in total. The lowest BCUT2D eigenvalue weighted by Crippen LogP contribution is -2.16. The van der Waals surface area contributed by atoms with Crippen LogP contribution >= 0.6 is 11.6 Å². The first-order valence-corrected chi connectivity index (χ1v) is 10.6. The van der Waals surface area contributed by atoms with Crippen molar-refractivity contribution in [3.8, 4) is 28.5 Å². The number of fused-ring (bicyclic) bond motifs is 1. The predicted molar refractivity (Wildman–Crippen MR) is 120 cm³/mol. The fourth-order valence-electron chi connectivity index (χ4n) is 3.95. The van der Waals surface area contributed by atoms with Crippen molar-refractivity contribution in [2.45, 2.75) is 18.9 Å². The summed E-state index contributed by atoms with van der Waals surface area (Å²) in [4.78, 5) is 18.0. The molecule has 0 aliphatic carbocycles. The number of nitrogens with one attached hydrogen (secondary N) is 1. The van der Waals surface area contributed by atoms with E-state index >= 15 is 0 Å². The zero-order valence-corrected chi connectivity index (χ0v) is 18.1. The average molecular weight is 451 g/mol. The second kappa shape index (κ2) is 8.55. The number of pyridine rings is 1. The van der Waals surface area contributed by atoms with Gasteiger partial charge in [0.15, 0.2) is 0 Å². The van der Waals surface area contributed by atoms with E-state index in [0.717, 1.165) is 41.3 Å². The SMILES string of the molecule is CNc1nccc(-c2c(-c3ccc(F)cc3)nc3n2C(COc2ncccc2Cl)CC3)n1. The zero-order chi connectivity index (χ0) is 22.1. The molecule has 3 aromatic heterocycles. The van der Waals surface area contributed by atoms with Crippen molar-refractivity contribution >= 4 is 17.5 Å². The number of nitrogens with zero attached hydrogens (tertiary/aromatic N) is 5. The monoisotopic (exact) mass is 450 g/mol. The molecule has 7 nitrogen and oxygen atoms in total. The van der Waals surface area contributed by atoms with Gasteiger partial charge in [0.2, 0.25) is 11.8 Å². The van der Waals surface area contributed by atoms with Crippen molar-refractivity contribution in [3.05, 3.63) is 71.5 Å². The maximum absolute atomic E-state index is 13.6. The van der Waals surface area contributed by atoms with Crippen molar-refractivity contribution in [1.29, 1.82) is 0 Å². The lowest BCUT2D eigenvalue weighted by molar-refractivity contribution is 0.247. The van der Waals surface area contributed by atoms with Crippen LogP contribution in [0.1, 0.15) is 18.3 Å². The Bertz CT molecular complexity index is 1260. The average Bonchev–Trinajstić information content (AvgIpc) is 3.38. The smallest absolute Gasteiger partial charge is 0.232 e. The fraction of sp³-hybridized carbons (Fsp3) is 0.217. The highest BCUT2D eigenvalue weighted by molar-refractivity contribution is 6.31. The van der Waals surface area contributed by atoms with Crippen molar-refractivity contribution in [2.75, 3.05) is 19.0 Å². The zero-order valence-electron chi connectivity index (χ0n) is 17.3. The van der Waals surface area contributed by atoms with Crippen LogP contribution in [0.15, 0.2) is 54.9 Å². The van der Waals surface area contributed by atoms with Gasteiger partial charge in [-0.2, -0.15) is 0 Å². The van der Waals surface area contributed by atoms with Crippen molar-refractivity contribution in [2.24, 2.45) is 0 Å². The molecule has 162 valence electrons. The van der Waals surface area contributed by atoms with Gasteiger partial charge >= 0.3 is 0 Å². The van der Waals surface area contributed by atoms with Gasteiger partial charge in [0.05, 0.1) is 23.1 Å². The van der Waals surface area contributed by atoms with Crippen LogP contribution in [0.2, 0.25) is 5.02 Å². The van der Waals surface area contributed by atoms with Crippen molar-refractivity contribution in [3.63, 3.8) is 0 Å². The molecule has 0 radical (unpaired) electrons. The molecule has 1 aromatic carbocycles. The van der Waals surface area contributed by atoms with Crippen LogP contribution < -0.4 is 10.1 Å². The molecule has 9 heteroatoms. The number of benzene rings is 1. The number of aryl methyl sites for hydroxylation is 1. The lowest BCUT2D eigenvalue weighted by Gasteiger charge is -2.18. The predicted octanol–water partition coefficient (Wildman–Crippen LogP) is 4.80. The Balaban J connectivity index is 1.58. The van der Waals surface area contributed by atoms with Gasteiger partial charge < -0.3 is 14.6 Å². The Labute approximate surface area is 189 Å². The standard InChI is InChI=1S/C23H20ClFN6O/c1-26-23-28-12-10-18(29-23)21-20(14-4-6-15(25)7-5-14)30-19-9-8-16(31(19)21)13-32-22-17(24)3-2-11-27-22/h2-7,10-12,16H,8-9,13H2,1H3,(H,26,28,29). The van der Waals surface area contributed by atoms with Crippen LogP contribution in [0.25, 0.3) is 22.6 Å². The summed E-state index contributed by atoms with van der Waals surface area (Å²) >= 11 is 6.21. The summed E-state index contributed by atoms with van der Waals surface area (Å²) in [6, 6.07) is 11.7. The van der Waals surface area contributed by atoms with Gasteiger partial charge in [-0.25, -0.2) is 24.3 Å². The number of imidazole rings is 1. The number of hydrogen-bond acceptors (Lipinski definition) is 6. The highest BCUT2D eigenvalue weighted by Crippen LogP contribution is 2.39. The Morgan fingerprint density at radius 2 is 1.97 bits per heavy atom. The van der Waals surface area contributed by atoms with E-state index in [0.29, 0.717) is 23.5 Å². The molecule has 1 aliphatic rings. The summed E-state index contributed by atoms with van der Waals surface area (Å²) in [5.74, 6) is 1.56. The summed E-state index contributed by atoms with van der Waals surface area (Å²) in [7, 11) is 1.77. The maximum Gasteiger partial charge on any atom is 0.232 e. The second-order valence-corrected chi connectivity index (χ2v) is 7.82. The molecule has 4 aromatic rings. The van der Waals surface area contributed by atoms with Gasteiger partial charge in [-0.15, -0.1) is 0 Å². The summed E-state index contributed by atoms with van der Waals surface area (Å²) in [6.45, 7) is 0.389. The molecule has 1 unspecified atom stereocenters. The molecule has 1 aliphatic heterocycles. The van der Waals surface area contributed by atoms with E-state index in [-0.39, 0.29) is 11.9 Å². The third-order valence-electron chi connectivity index (χ3n) is 5.43. The van der Waals surface area contributed by atoms with E-state index in [1.54, 1.807) is 43.7 Å². The first kappa shape index (κ1) is 20.4. The molecular formula is C23H20ClFN6O. The van der Waals surface area contributed by atoms with Gasteiger partial charge in [0.1, 0.15) is 23.3 Å². The minimum atomic E-state index is -0.292. The lowest BCUT2D eigenvalue weighted by atomic mass is 10.1. The van der Waals surface area contributed by atoms with Gasteiger partial charge in [-0.05, 0) is 48.9 Å². The highest BCUT2D eigenvalue weighted by atomic mass is 35.5. The van der Waals surface area contributed by atoms with E-state index in [9.17, 15) is 4.39 Å². The number of anilines is 1. The number of ether oxygens (including phenoxy) is 1. The van der Waals surface area contributed by atoms with E-state index < -0.39 is 0 Å². The Hall–Kier alpha value is -3.52. The number of halogens is 2. The van der Waals surface area contributed by atoms with Crippen LogP contribution in [0, 0.1) is 5.82 Å². The molecule has 32 heavy (non-hydrogen) atoms. The topological polar surface area (TPSA) is 77.8 Å². The maximum atomic E-state index is 13.6. The van der Waals surface area contributed by atoms with Crippen LogP contribution in [-0.4, -0.2) is 38.2 Å². The third kappa shape index (κ3) is 3.78. The molecule has 0 saturated carbocycles. The quantitative estimate of drug-likeness (QED) is 0.454. The van der Waals surface area contributed by atoms with Gasteiger partial charge in [0, 0.05) is 31.4 Å². The normalized spacial score (nSPS) is 14.9. The Morgan fingerprint density at radius 1 is 1.12 bits per heavy atom. The number of rotatable bonds is 6. The van der Waals surface area contributed by atoms with Gasteiger partial charge in [-0.3, -0.25) is 0 Å². The Kier molecular flexibility index (Phi) is 5.45. The largest absolute Gasteiger partial charge is 0.474 e. The van der Waals surface area contributed by atoms with Crippen LogP contribution in [0.3, 0.4) is 0 Å². The molecule has 0 fully saturated rings. The Morgan fingerprint density at radius 3 is 2.75 bits per heavy atom. The summed E-state index contributed by atoms with van der Waals surface area (Å²) in [5, 5.41) is 3.45. The van der Waals surface area contributed by atoms with Crippen LogP contribution in [0.5, 0.6) is 5.88 Å². The summed E-state index contributed by atoms with van der Waals surface area (Å²) in [5.41, 5.74) is 3.15. The van der Waals surface area contributed by atoms with E-state index in [1.807, 2.05) is 6.07 Å². The summed E-state index contributed by atoms with van der Waals surface area (Å²) in [6.07, 6.45) is 5.02. The van der Waals surface area contributed by atoms with E-state index in [1.165, 1.54) is 12.1 Å². The first-order chi connectivity index (χ1) is 15.6. The molecule has 5 rings (SSSR count). The van der Waals surface area contributed by atoms with Gasteiger partial charge in [0.25, 0.3) is 0 Å². The van der Waals surface area contributed by atoms with Crippen LogP contribution in [0.4, 0.5) is 10.3 Å². The molecule has 0 amide bonds.